The molecule has 0 spiro atoms. The zero-order valence-corrected chi connectivity index (χ0v) is 21.3. The topological polar surface area (TPSA) is 84.3 Å². The second-order valence-corrected chi connectivity index (χ2v) is 11.8. The molecule has 0 unspecified atom stereocenters. The second-order valence-electron chi connectivity index (χ2n) is 9.90. The van der Waals surface area contributed by atoms with E-state index in [1.54, 1.807) is 35.9 Å². The lowest BCUT2D eigenvalue weighted by Crippen LogP contribution is -2.36. The Hall–Kier alpha value is -3.04. The Bertz CT molecular complexity index is 1340. The van der Waals surface area contributed by atoms with Gasteiger partial charge in [0, 0.05) is 24.3 Å². The van der Waals surface area contributed by atoms with Gasteiger partial charge in [0.1, 0.15) is 5.82 Å². The molecule has 0 bridgehead atoms. The number of nitrogens with one attached hydrogen (secondary N) is 1. The first kappa shape index (κ1) is 25.1. The smallest absolute Gasteiger partial charge is 0.259 e. The van der Waals surface area contributed by atoms with E-state index in [4.69, 9.17) is 0 Å². The summed E-state index contributed by atoms with van der Waals surface area (Å²) in [6.45, 7) is 8.66. The molecule has 2 aromatic carbocycles. The lowest BCUT2D eigenvalue weighted by Gasteiger charge is -2.26. The summed E-state index contributed by atoms with van der Waals surface area (Å²) in [6.07, 6.45) is 4.20. The van der Waals surface area contributed by atoms with Crippen molar-refractivity contribution in [1.82, 2.24) is 14.1 Å². The number of amides is 1. The van der Waals surface area contributed by atoms with Gasteiger partial charge in [0.25, 0.3) is 5.91 Å². The summed E-state index contributed by atoms with van der Waals surface area (Å²) in [5, 5.41) is 7.28. The highest BCUT2D eigenvalue weighted by Gasteiger charge is 2.29. The maximum atomic E-state index is 13.6. The number of benzene rings is 2. The fraction of sp³-hybridized carbons (Fsp3) is 0.385. The predicted molar refractivity (Wildman–Crippen MR) is 134 cm³/mol. The second kappa shape index (κ2) is 9.54. The van der Waals surface area contributed by atoms with E-state index in [0.29, 0.717) is 41.2 Å². The SMILES string of the molecule is Cc1ccc(NC(=O)c2cnn(C(C)(C)C)c2-c2ccc(F)cc2)cc1S(=O)(=O)N1CCCCC1. The van der Waals surface area contributed by atoms with Crippen LogP contribution in [0.1, 0.15) is 56.0 Å². The molecule has 1 aliphatic heterocycles. The van der Waals surface area contributed by atoms with Gasteiger partial charge in [0.05, 0.1) is 27.9 Å². The van der Waals surface area contributed by atoms with Gasteiger partial charge in [-0.25, -0.2) is 12.8 Å². The van der Waals surface area contributed by atoms with Crippen LogP contribution < -0.4 is 5.32 Å². The highest BCUT2D eigenvalue weighted by molar-refractivity contribution is 7.89. The van der Waals surface area contributed by atoms with E-state index < -0.39 is 21.5 Å². The number of halogens is 1. The minimum absolute atomic E-state index is 0.196. The summed E-state index contributed by atoms with van der Waals surface area (Å²) in [7, 11) is -3.66. The quantitative estimate of drug-likeness (QED) is 0.525. The van der Waals surface area contributed by atoms with Crippen LogP contribution in [0.15, 0.2) is 53.6 Å². The molecule has 1 fully saturated rings. The summed E-state index contributed by atoms with van der Waals surface area (Å²) in [6, 6.07) is 10.8. The molecule has 1 N–H and O–H groups in total. The van der Waals surface area contributed by atoms with Gasteiger partial charge in [0.15, 0.2) is 0 Å². The minimum Gasteiger partial charge on any atom is -0.322 e. The first-order chi connectivity index (χ1) is 16.5. The standard InChI is InChI=1S/C26H31FN4O3S/c1-18-8-13-21(16-23(18)35(33,34)30-14-6-5-7-15-30)29-25(32)22-17-28-31(26(2,3)4)24(22)19-9-11-20(27)12-10-19/h8-13,16-17H,5-7,14-15H2,1-4H3,(H,29,32). The molecule has 2 heterocycles. The summed E-state index contributed by atoms with van der Waals surface area (Å²) >= 11 is 0. The fourth-order valence-corrected chi connectivity index (χ4v) is 6.08. The number of anilines is 1. The molecule has 9 heteroatoms. The molecule has 0 atom stereocenters. The highest BCUT2D eigenvalue weighted by atomic mass is 32.2. The van der Waals surface area contributed by atoms with E-state index in [1.807, 2.05) is 20.8 Å². The van der Waals surface area contributed by atoms with Crippen LogP contribution in [-0.2, 0) is 15.6 Å². The lowest BCUT2D eigenvalue weighted by atomic mass is 10.0. The maximum Gasteiger partial charge on any atom is 0.259 e. The van der Waals surface area contributed by atoms with Gasteiger partial charge in [-0.15, -0.1) is 0 Å². The van der Waals surface area contributed by atoms with Crippen molar-refractivity contribution < 1.29 is 17.6 Å². The average Bonchev–Trinajstić information content (AvgIpc) is 3.27. The van der Waals surface area contributed by atoms with Crippen LogP contribution in [0.4, 0.5) is 10.1 Å². The van der Waals surface area contributed by atoms with E-state index >= 15 is 0 Å². The van der Waals surface area contributed by atoms with Crippen molar-refractivity contribution in [2.75, 3.05) is 18.4 Å². The zero-order valence-electron chi connectivity index (χ0n) is 20.5. The molecular formula is C26H31FN4O3S. The normalized spacial score (nSPS) is 15.2. The van der Waals surface area contributed by atoms with Crippen LogP contribution >= 0.6 is 0 Å². The Morgan fingerprint density at radius 3 is 2.31 bits per heavy atom. The first-order valence-corrected chi connectivity index (χ1v) is 13.2. The molecule has 1 aromatic heterocycles. The number of nitrogens with zero attached hydrogens (tertiary/aromatic N) is 3. The van der Waals surface area contributed by atoms with Crippen LogP contribution in [0.2, 0.25) is 0 Å². The summed E-state index contributed by atoms with van der Waals surface area (Å²) in [4.78, 5) is 13.6. The molecule has 7 nitrogen and oxygen atoms in total. The first-order valence-electron chi connectivity index (χ1n) is 11.7. The van der Waals surface area contributed by atoms with Crippen molar-refractivity contribution in [3.63, 3.8) is 0 Å². The van der Waals surface area contributed by atoms with Crippen LogP contribution in [-0.4, -0.2) is 41.5 Å². The molecule has 1 amide bonds. The number of aromatic nitrogens is 2. The van der Waals surface area contributed by atoms with Gasteiger partial charge in [-0.05, 0) is 82.5 Å². The number of sulfonamides is 1. The molecule has 0 saturated carbocycles. The zero-order chi connectivity index (χ0) is 25.4. The monoisotopic (exact) mass is 498 g/mol. The van der Waals surface area contributed by atoms with Gasteiger partial charge in [-0.3, -0.25) is 9.48 Å². The number of rotatable bonds is 5. The van der Waals surface area contributed by atoms with Crippen LogP contribution in [0, 0.1) is 12.7 Å². The molecule has 1 saturated heterocycles. The Balaban J connectivity index is 1.69. The van der Waals surface area contributed by atoms with Gasteiger partial charge in [-0.2, -0.15) is 9.40 Å². The number of carbonyl (C=O) groups excluding carboxylic acids is 1. The average molecular weight is 499 g/mol. The molecule has 35 heavy (non-hydrogen) atoms. The third-order valence-electron chi connectivity index (χ3n) is 6.15. The molecule has 0 aliphatic carbocycles. The number of hydrogen-bond acceptors (Lipinski definition) is 4. The Morgan fingerprint density at radius 1 is 1.03 bits per heavy atom. The van der Waals surface area contributed by atoms with E-state index in [9.17, 15) is 17.6 Å². The number of hydrogen-bond donors (Lipinski definition) is 1. The van der Waals surface area contributed by atoms with Gasteiger partial charge >= 0.3 is 0 Å². The van der Waals surface area contributed by atoms with Crippen molar-refractivity contribution in [1.29, 1.82) is 0 Å². The Labute approximate surface area is 206 Å². The van der Waals surface area contributed by atoms with Crippen LogP contribution in [0.25, 0.3) is 11.3 Å². The third-order valence-corrected chi connectivity index (χ3v) is 8.19. The van der Waals surface area contributed by atoms with E-state index in [-0.39, 0.29) is 10.7 Å². The van der Waals surface area contributed by atoms with Crippen LogP contribution in [0.5, 0.6) is 0 Å². The molecule has 0 radical (unpaired) electrons. The van der Waals surface area contributed by atoms with Gasteiger partial charge < -0.3 is 5.32 Å². The van der Waals surface area contributed by atoms with E-state index in [2.05, 4.69) is 10.4 Å². The highest BCUT2D eigenvalue weighted by Crippen LogP contribution is 2.31. The van der Waals surface area contributed by atoms with E-state index in [0.717, 1.165) is 19.3 Å². The van der Waals surface area contributed by atoms with Crippen LogP contribution in [0.3, 0.4) is 0 Å². The van der Waals surface area contributed by atoms with Gasteiger partial charge in [0.2, 0.25) is 10.0 Å². The Kier molecular flexibility index (Phi) is 6.83. The molecule has 186 valence electrons. The van der Waals surface area contributed by atoms with Crippen molar-refractivity contribution >= 4 is 21.6 Å². The third kappa shape index (κ3) is 5.16. The van der Waals surface area contributed by atoms with E-state index in [1.165, 1.54) is 28.7 Å². The summed E-state index contributed by atoms with van der Waals surface area (Å²) in [5.74, 6) is -0.798. The van der Waals surface area contributed by atoms with Crippen molar-refractivity contribution in [3.05, 3.63) is 65.6 Å². The molecule has 1 aliphatic rings. The summed E-state index contributed by atoms with van der Waals surface area (Å²) < 4.78 is 43.3. The number of carbonyl (C=O) groups is 1. The molecule has 4 rings (SSSR count). The van der Waals surface area contributed by atoms with Crippen molar-refractivity contribution in [2.45, 2.75) is 57.4 Å². The number of aryl methyl sites for hydroxylation is 1. The largest absolute Gasteiger partial charge is 0.322 e. The maximum absolute atomic E-state index is 13.6. The molecule has 3 aromatic rings. The lowest BCUT2D eigenvalue weighted by molar-refractivity contribution is 0.102. The fourth-order valence-electron chi connectivity index (χ4n) is 4.31. The molecular weight excluding hydrogens is 467 g/mol. The van der Waals surface area contributed by atoms with Gasteiger partial charge in [-0.1, -0.05) is 12.5 Å². The summed E-state index contributed by atoms with van der Waals surface area (Å²) in [5.41, 5.74) is 2.10. The number of piperidine rings is 1. The van der Waals surface area contributed by atoms with Crippen molar-refractivity contribution in [2.24, 2.45) is 0 Å². The Morgan fingerprint density at radius 2 is 1.69 bits per heavy atom. The predicted octanol–water partition coefficient (Wildman–Crippen LogP) is 5.18. The minimum atomic E-state index is -3.66. The van der Waals surface area contributed by atoms with Crippen molar-refractivity contribution in [3.8, 4) is 11.3 Å².